The summed E-state index contributed by atoms with van der Waals surface area (Å²) in [6, 6.07) is 6.61. The second-order valence-electron chi connectivity index (χ2n) is 9.54. The van der Waals surface area contributed by atoms with Crippen molar-refractivity contribution in [2.75, 3.05) is 23.3 Å². The monoisotopic (exact) mass is 576 g/mol. The molecule has 0 bridgehead atoms. The highest BCUT2D eigenvalue weighted by Crippen LogP contribution is 2.48. The van der Waals surface area contributed by atoms with Gasteiger partial charge < -0.3 is 19.3 Å². The average molecular weight is 577 g/mol. The quantitative estimate of drug-likeness (QED) is 0.464. The summed E-state index contributed by atoms with van der Waals surface area (Å²) in [6.07, 6.45) is -6.85. The molecular formula is C24H24F4N2O8S. The van der Waals surface area contributed by atoms with Gasteiger partial charge in [0.25, 0.3) is 10.0 Å². The summed E-state index contributed by atoms with van der Waals surface area (Å²) in [5.41, 5.74) is -3.00. The SMILES string of the molecule is COc1cc(S(=O)(=O)N2CC([C@H]3C[C@@H]3C(=O)O)Oc3ccc(NC(=O)OC(C)(C)C(F)(F)F)cc32)ccc1F. The lowest BCUT2D eigenvalue weighted by atomic mass is 10.1. The maximum Gasteiger partial charge on any atom is 0.427 e. The Balaban J connectivity index is 1.69. The minimum atomic E-state index is -4.85. The second-order valence-corrected chi connectivity index (χ2v) is 11.4. The third kappa shape index (κ3) is 5.53. The fourth-order valence-electron chi connectivity index (χ4n) is 4.07. The van der Waals surface area contributed by atoms with Crippen LogP contribution in [0.15, 0.2) is 41.3 Å². The van der Waals surface area contributed by atoms with E-state index in [0.717, 1.165) is 35.7 Å². The largest absolute Gasteiger partial charge is 0.494 e. The summed E-state index contributed by atoms with van der Waals surface area (Å²) in [4.78, 5) is 23.3. The van der Waals surface area contributed by atoms with Gasteiger partial charge in [-0.3, -0.25) is 14.4 Å². The van der Waals surface area contributed by atoms with Gasteiger partial charge in [-0.1, -0.05) is 0 Å². The van der Waals surface area contributed by atoms with E-state index in [1.165, 1.54) is 12.1 Å². The van der Waals surface area contributed by atoms with E-state index < -0.39 is 57.6 Å². The van der Waals surface area contributed by atoms with E-state index in [0.29, 0.717) is 13.8 Å². The number of benzene rings is 2. The number of carboxylic acids is 1. The molecule has 2 aliphatic rings. The molecule has 2 N–H and O–H groups in total. The van der Waals surface area contributed by atoms with Gasteiger partial charge in [-0.05, 0) is 50.6 Å². The van der Waals surface area contributed by atoms with Gasteiger partial charge in [0, 0.05) is 17.7 Å². The van der Waals surface area contributed by atoms with Crippen LogP contribution in [0.5, 0.6) is 11.5 Å². The highest BCUT2D eigenvalue weighted by atomic mass is 32.2. The van der Waals surface area contributed by atoms with Gasteiger partial charge in [0.05, 0.1) is 30.2 Å². The smallest absolute Gasteiger partial charge is 0.427 e. The standard InChI is InChI=1S/C24H24F4N2O8S/c1-23(2,24(26,27)28)38-22(33)29-12-4-7-18-17(8-12)30(11-20(37-18)14-10-15(14)21(31)32)39(34,35)13-5-6-16(25)19(9-13)36-3/h4-9,14-15,20H,10-11H2,1-3H3,(H,29,33)(H,31,32)/t14-,15-,20?/m0/s1. The zero-order chi connectivity index (χ0) is 28.9. The molecule has 1 fully saturated rings. The van der Waals surface area contributed by atoms with Crippen molar-refractivity contribution >= 4 is 33.5 Å². The fraction of sp³-hybridized carbons (Fsp3) is 0.417. The topological polar surface area (TPSA) is 131 Å². The number of rotatable bonds is 7. The Bertz CT molecular complexity index is 1410. The van der Waals surface area contributed by atoms with Crippen LogP contribution in [0, 0.1) is 17.7 Å². The minimum Gasteiger partial charge on any atom is -0.494 e. The van der Waals surface area contributed by atoms with Crippen LogP contribution in [0.4, 0.5) is 33.7 Å². The molecule has 15 heteroatoms. The van der Waals surface area contributed by atoms with Crippen LogP contribution >= 0.6 is 0 Å². The van der Waals surface area contributed by atoms with Crippen molar-refractivity contribution in [1.29, 1.82) is 0 Å². The number of hydrogen-bond donors (Lipinski definition) is 2. The summed E-state index contributed by atoms with van der Waals surface area (Å²) in [5, 5.41) is 11.5. The lowest BCUT2D eigenvalue weighted by Gasteiger charge is -2.36. The lowest BCUT2D eigenvalue weighted by molar-refractivity contribution is -0.242. The van der Waals surface area contributed by atoms with Gasteiger partial charge in [0.2, 0.25) is 5.60 Å². The van der Waals surface area contributed by atoms with Crippen molar-refractivity contribution in [3.63, 3.8) is 0 Å². The number of carboxylic acid groups (broad SMARTS) is 1. The molecule has 4 rings (SSSR count). The molecule has 212 valence electrons. The summed E-state index contributed by atoms with van der Waals surface area (Å²) in [5.74, 6) is -3.36. The molecular weight excluding hydrogens is 552 g/mol. The van der Waals surface area contributed by atoms with Gasteiger partial charge in [-0.2, -0.15) is 13.2 Å². The first-order valence-electron chi connectivity index (χ1n) is 11.5. The van der Waals surface area contributed by atoms with E-state index >= 15 is 0 Å². The first-order valence-corrected chi connectivity index (χ1v) is 13.0. The highest BCUT2D eigenvalue weighted by molar-refractivity contribution is 7.92. The zero-order valence-corrected chi connectivity index (χ0v) is 21.6. The number of amides is 1. The Morgan fingerprint density at radius 3 is 2.44 bits per heavy atom. The normalized spacial score (nSPS) is 20.9. The number of alkyl halides is 3. The van der Waals surface area contributed by atoms with Crippen LogP contribution in [-0.2, 0) is 19.6 Å². The number of methoxy groups -OCH3 is 1. The van der Waals surface area contributed by atoms with Gasteiger partial charge in [0.1, 0.15) is 11.9 Å². The maximum atomic E-state index is 14.0. The molecule has 1 aliphatic carbocycles. The van der Waals surface area contributed by atoms with Crippen molar-refractivity contribution in [2.24, 2.45) is 11.8 Å². The molecule has 0 saturated heterocycles. The Labute approximate surface area is 220 Å². The van der Waals surface area contributed by atoms with Gasteiger partial charge in [0.15, 0.2) is 11.6 Å². The van der Waals surface area contributed by atoms with E-state index in [1.807, 2.05) is 0 Å². The van der Waals surface area contributed by atoms with Crippen LogP contribution in [0.25, 0.3) is 0 Å². The number of fused-ring (bicyclic) bond motifs is 1. The number of halogens is 4. The summed E-state index contributed by atoms with van der Waals surface area (Å²) < 4.78 is 96.9. The van der Waals surface area contributed by atoms with E-state index in [2.05, 4.69) is 10.1 Å². The third-order valence-electron chi connectivity index (χ3n) is 6.47. The minimum absolute atomic E-state index is 0.0227. The first kappa shape index (κ1) is 28.3. The molecule has 1 amide bonds. The molecule has 2 aromatic carbocycles. The highest BCUT2D eigenvalue weighted by Gasteiger charge is 2.52. The van der Waals surface area contributed by atoms with Gasteiger partial charge >= 0.3 is 18.2 Å². The molecule has 1 heterocycles. The Kier molecular flexibility index (Phi) is 7.08. The second kappa shape index (κ2) is 9.77. The Morgan fingerprint density at radius 2 is 1.85 bits per heavy atom. The van der Waals surface area contributed by atoms with Crippen molar-refractivity contribution in [3.05, 3.63) is 42.2 Å². The van der Waals surface area contributed by atoms with Crippen molar-refractivity contribution in [3.8, 4) is 11.5 Å². The molecule has 10 nitrogen and oxygen atoms in total. The summed E-state index contributed by atoms with van der Waals surface area (Å²) in [6.45, 7) is 1.01. The predicted octanol–water partition coefficient (Wildman–Crippen LogP) is 4.40. The first-order chi connectivity index (χ1) is 18.0. The fourth-order valence-corrected chi connectivity index (χ4v) is 5.57. The van der Waals surface area contributed by atoms with Crippen molar-refractivity contribution in [1.82, 2.24) is 0 Å². The molecule has 0 radical (unpaired) electrons. The van der Waals surface area contributed by atoms with E-state index in [-0.39, 0.29) is 40.7 Å². The molecule has 1 saturated carbocycles. The molecule has 3 atom stereocenters. The molecule has 0 aromatic heterocycles. The van der Waals surface area contributed by atoms with E-state index in [4.69, 9.17) is 9.47 Å². The zero-order valence-electron chi connectivity index (χ0n) is 20.8. The molecule has 39 heavy (non-hydrogen) atoms. The number of anilines is 2. The summed E-state index contributed by atoms with van der Waals surface area (Å²) >= 11 is 0. The lowest BCUT2D eigenvalue weighted by Crippen LogP contribution is -2.45. The maximum absolute atomic E-state index is 14.0. The van der Waals surface area contributed by atoms with Crippen molar-refractivity contribution < 1.29 is 54.9 Å². The number of sulfonamides is 1. The van der Waals surface area contributed by atoms with Crippen LogP contribution in [0.1, 0.15) is 20.3 Å². The molecule has 2 aromatic rings. The van der Waals surface area contributed by atoms with E-state index in [1.54, 1.807) is 0 Å². The Morgan fingerprint density at radius 1 is 1.15 bits per heavy atom. The van der Waals surface area contributed by atoms with Crippen LogP contribution in [0.3, 0.4) is 0 Å². The van der Waals surface area contributed by atoms with Crippen LogP contribution < -0.4 is 19.1 Å². The van der Waals surface area contributed by atoms with Gasteiger partial charge in [-0.25, -0.2) is 17.6 Å². The number of nitrogens with one attached hydrogen (secondary N) is 1. The van der Waals surface area contributed by atoms with Crippen LogP contribution in [0.2, 0.25) is 0 Å². The number of aliphatic carboxylic acids is 1. The number of carbonyl (C=O) groups excluding carboxylic acids is 1. The summed E-state index contributed by atoms with van der Waals surface area (Å²) in [7, 11) is -3.27. The number of hydrogen-bond acceptors (Lipinski definition) is 7. The number of ether oxygens (including phenoxy) is 3. The van der Waals surface area contributed by atoms with Gasteiger partial charge in [-0.15, -0.1) is 0 Å². The average Bonchev–Trinajstić information content (AvgIpc) is 3.64. The Hall–Kier alpha value is -3.75. The number of carbonyl (C=O) groups is 2. The number of nitrogens with zero attached hydrogens (tertiary/aromatic N) is 1. The van der Waals surface area contributed by atoms with Crippen molar-refractivity contribution in [2.45, 2.75) is 43.0 Å². The molecule has 1 aliphatic heterocycles. The van der Waals surface area contributed by atoms with E-state index in [9.17, 15) is 40.7 Å². The predicted molar refractivity (Wildman–Crippen MR) is 128 cm³/mol. The third-order valence-corrected chi connectivity index (χ3v) is 8.25. The van der Waals surface area contributed by atoms with Crippen LogP contribution in [-0.4, -0.2) is 57.1 Å². The molecule has 1 unspecified atom stereocenters. The molecule has 0 spiro atoms.